The van der Waals surface area contributed by atoms with Crippen molar-refractivity contribution in [3.05, 3.63) is 52.6 Å². The lowest BCUT2D eigenvalue weighted by Crippen LogP contribution is -1.96. The van der Waals surface area contributed by atoms with Crippen molar-refractivity contribution in [3.63, 3.8) is 0 Å². The fraction of sp³-hybridized carbons (Fsp3) is 0. The molecule has 3 rings (SSSR count). The number of benzene rings is 1. The Hall–Kier alpha value is -3.16. The highest BCUT2D eigenvalue weighted by Gasteiger charge is 2.10. The topological polar surface area (TPSA) is 109 Å². The summed E-state index contributed by atoms with van der Waals surface area (Å²) in [7, 11) is 0. The molecule has 0 radical (unpaired) electrons. The molecule has 0 saturated heterocycles. The summed E-state index contributed by atoms with van der Waals surface area (Å²) < 4.78 is 7.02. The predicted octanol–water partition coefficient (Wildman–Crippen LogP) is 2.01. The molecule has 0 saturated carbocycles. The zero-order valence-corrected chi connectivity index (χ0v) is 10.1. The van der Waals surface area contributed by atoms with Gasteiger partial charge in [0, 0.05) is 12.1 Å². The van der Waals surface area contributed by atoms with E-state index in [9.17, 15) is 10.1 Å². The average molecular weight is 271 g/mol. The summed E-state index contributed by atoms with van der Waals surface area (Å²) in [5, 5.41) is 14.7. The molecule has 0 aliphatic rings. The lowest BCUT2D eigenvalue weighted by molar-refractivity contribution is -0.384. The van der Waals surface area contributed by atoms with Crippen molar-refractivity contribution in [3.8, 4) is 11.6 Å². The van der Waals surface area contributed by atoms with Crippen LogP contribution in [0.5, 0.6) is 11.6 Å². The zero-order chi connectivity index (χ0) is 14.1. The Morgan fingerprint density at radius 1 is 1.25 bits per heavy atom. The van der Waals surface area contributed by atoms with Gasteiger partial charge in [-0.3, -0.25) is 10.1 Å². The number of nitrogens with two attached hydrogens (primary N) is 1. The van der Waals surface area contributed by atoms with Crippen LogP contribution in [0.4, 0.5) is 11.6 Å². The van der Waals surface area contributed by atoms with Gasteiger partial charge >= 0.3 is 0 Å². The number of nitro benzene ring substituents is 1. The van der Waals surface area contributed by atoms with Gasteiger partial charge in [-0.05, 0) is 12.1 Å². The van der Waals surface area contributed by atoms with Crippen LogP contribution in [-0.2, 0) is 0 Å². The molecule has 0 bridgehead atoms. The Kier molecular flexibility index (Phi) is 2.68. The molecule has 1 aromatic carbocycles. The number of fused-ring (bicyclic) bond motifs is 1. The van der Waals surface area contributed by atoms with E-state index in [1.165, 1.54) is 16.6 Å². The SMILES string of the molecule is Nc1nc2cccc(Oc3cccc([N+](=O)[O-])c3)n2n1. The standard InChI is InChI=1S/C12H9N5O3/c13-12-14-10-5-2-6-11(16(10)15-12)20-9-4-1-3-8(7-9)17(18)19/h1-7H,(H2,13,15). The van der Waals surface area contributed by atoms with Crippen LogP contribution in [0.2, 0.25) is 0 Å². The summed E-state index contributed by atoms with van der Waals surface area (Å²) >= 11 is 0. The molecule has 3 aromatic rings. The summed E-state index contributed by atoms with van der Waals surface area (Å²) in [6.07, 6.45) is 0. The van der Waals surface area contributed by atoms with Gasteiger partial charge in [0.2, 0.25) is 11.8 Å². The minimum absolute atomic E-state index is 0.0484. The number of nitrogen functional groups attached to an aromatic ring is 1. The molecule has 2 aromatic heterocycles. The molecule has 8 heteroatoms. The number of nitrogens with zero attached hydrogens (tertiary/aromatic N) is 4. The molecular formula is C12H9N5O3. The Labute approximate surface area is 112 Å². The van der Waals surface area contributed by atoms with E-state index in [0.29, 0.717) is 17.3 Å². The van der Waals surface area contributed by atoms with Crippen LogP contribution in [0.3, 0.4) is 0 Å². The number of non-ortho nitro benzene ring substituents is 1. The number of anilines is 1. The summed E-state index contributed by atoms with van der Waals surface area (Å²) in [6.45, 7) is 0. The molecule has 0 unspecified atom stereocenters. The van der Waals surface area contributed by atoms with E-state index in [2.05, 4.69) is 10.1 Å². The van der Waals surface area contributed by atoms with Gasteiger partial charge in [0.05, 0.1) is 11.0 Å². The van der Waals surface area contributed by atoms with E-state index >= 15 is 0 Å². The first-order valence-corrected chi connectivity index (χ1v) is 5.67. The number of nitro groups is 1. The van der Waals surface area contributed by atoms with E-state index in [-0.39, 0.29) is 11.6 Å². The number of rotatable bonds is 3. The highest BCUT2D eigenvalue weighted by Crippen LogP contribution is 2.25. The second-order valence-corrected chi connectivity index (χ2v) is 3.96. The highest BCUT2D eigenvalue weighted by molar-refractivity contribution is 5.46. The van der Waals surface area contributed by atoms with Crippen molar-refractivity contribution >= 4 is 17.3 Å². The summed E-state index contributed by atoms with van der Waals surface area (Å²) in [6, 6.07) is 11.0. The molecule has 0 fully saturated rings. The zero-order valence-electron chi connectivity index (χ0n) is 10.1. The molecule has 0 aliphatic heterocycles. The van der Waals surface area contributed by atoms with Crippen molar-refractivity contribution in [1.82, 2.24) is 14.6 Å². The number of hydrogen-bond donors (Lipinski definition) is 1. The second-order valence-electron chi connectivity index (χ2n) is 3.96. The molecule has 0 atom stereocenters. The monoisotopic (exact) mass is 271 g/mol. The molecule has 8 nitrogen and oxygen atoms in total. The minimum atomic E-state index is -0.485. The van der Waals surface area contributed by atoms with Gasteiger partial charge in [0.1, 0.15) is 5.75 Å². The summed E-state index contributed by atoms with van der Waals surface area (Å²) in [5.74, 6) is 0.827. The number of pyridine rings is 1. The van der Waals surface area contributed by atoms with Crippen LogP contribution < -0.4 is 10.5 Å². The predicted molar refractivity (Wildman–Crippen MR) is 70.6 cm³/mol. The Bertz CT molecular complexity index is 799. The van der Waals surface area contributed by atoms with Crippen LogP contribution in [0.1, 0.15) is 0 Å². The van der Waals surface area contributed by atoms with E-state index in [1.807, 2.05) is 0 Å². The normalized spacial score (nSPS) is 10.6. The summed E-state index contributed by atoms with van der Waals surface area (Å²) in [4.78, 5) is 14.2. The smallest absolute Gasteiger partial charge is 0.273 e. The molecule has 0 spiro atoms. The molecule has 0 aliphatic carbocycles. The van der Waals surface area contributed by atoms with Gasteiger partial charge in [-0.25, -0.2) is 0 Å². The van der Waals surface area contributed by atoms with Crippen molar-refractivity contribution in [2.45, 2.75) is 0 Å². The summed E-state index contributed by atoms with van der Waals surface area (Å²) in [5.41, 5.74) is 6.01. The first-order valence-electron chi connectivity index (χ1n) is 5.67. The van der Waals surface area contributed by atoms with E-state index < -0.39 is 4.92 Å². The third-order valence-electron chi connectivity index (χ3n) is 2.59. The number of aromatic nitrogens is 3. The molecule has 0 amide bonds. The first kappa shape index (κ1) is 11.9. The second kappa shape index (κ2) is 4.50. The van der Waals surface area contributed by atoms with Crippen LogP contribution in [0, 0.1) is 10.1 Å². The first-order chi connectivity index (χ1) is 9.63. The molecule has 20 heavy (non-hydrogen) atoms. The van der Waals surface area contributed by atoms with E-state index in [1.54, 1.807) is 30.3 Å². The van der Waals surface area contributed by atoms with Gasteiger partial charge < -0.3 is 10.5 Å². The fourth-order valence-corrected chi connectivity index (χ4v) is 1.76. The van der Waals surface area contributed by atoms with Crippen LogP contribution in [-0.4, -0.2) is 19.5 Å². The fourth-order valence-electron chi connectivity index (χ4n) is 1.76. The Morgan fingerprint density at radius 2 is 2.05 bits per heavy atom. The third-order valence-corrected chi connectivity index (χ3v) is 2.59. The number of ether oxygens (including phenoxy) is 1. The maximum Gasteiger partial charge on any atom is 0.273 e. The molecule has 2 N–H and O–H groups in total. The van der Waals surface area contributed by atoms with Gasteiger partial charge in [0.25, 0.3) is 5.69 Å². The van der Waals surface area contributed by atoms with Gasteiger partial charge in [-0.1, -0.05) is 12.1 Å². The van der Waals surface area contributed by atoms with Gasteiger partial charge in [-0.15, -0.1) is 5.10 Å². The lowest BCUT2D eigenvalue weighted by atomic mass is 10.3. The third kappa shape index (κ3) is 2.09. The van der Waals surface area contributed by atoms with Crippen molar-refractivity contribution in [1.29, 1.82) is 0 Å². The van der Waals surface area contributed by atoms with Crippen molar-refractivity contribution in [2.75, 3.05) is 5.73 Å². The lowest BCUT2D eigenvalue weighted by Gasteiger charge is -2.06. The molecular weight excluding hydrogens is 262 g/mol. The van der Waals surface area contributed by atoms with Gasteiger partial charge in [-0.2, -0.15) is 9.50 Å². The van der Waals surface area contributed by atoms with Crippen LogP contribution >= 0.6 is 0 Å². The Morgan fingerprint density at radius 3 is 2.85 bits per heavy atom. The quantitative estimate of drug-likeness (QED) is 0.576. The van der Waals surface area contributed by atoms with Crippen molar-refractivity contribution in [2.24, 2.45) is 0 Å². The minimum Gasteiger partial charge on any atom is -0.439 e. The maximum atomic E-state index is 10.7. The van der Waals surface area contributed by atoms with E-state index in [4.69, 9.17) is 10.5 Å². The number of hydrogen-bond acceptors (Lipinski definition) is 6. The highest BCUT2D eigenvalue weighted by atomic mass is 16.6. The molecule has 2 heterocycles. The maximum absolute atomic E-state index is 10.7. The van der Waals surface area contributed by atoms with Crippen LogP contribution in [0.25, 0.3) is 5.65 Å². The van der Waals surface area contributed by atoms with Crippen molar-refractivity contribution < 1.29 is 9.66 Å². The average Bonchev–Trinajstić information content (AvgIpc) is 2.80. The molecule has 100 valence electrons. The largest absolute Gasteiger partial charge is 0.439 e. The van der Waals surface area contributed by atoms with Gasteiger partial charge in [0.15, 0.2) is 5.65 Å². The van der Waals surface area contributed by atoms with Crippen LogP contribution in [0.15, 0.2) is 42.5 Å². The van der Waals surface area contributed by atoms with E-state index in [0.717, 1.165) is 0 Å². The Balaban J connectivity index is 2.01.